The summed E-state index contributed by atoms with van der Waals surface area (Å²) in [5.41, 5.74) is 1.04. The molecule has 1 aliphatic heterocycles. The Bertz CT molecular complexity index is 519. The van der Waals surface area contributed by atoms with Crippen molar-refractivity contribution < 1.29 is 22.7 Å². The van der Waals surface area contributed by atoms with Gasteiger partial charge in [0.05, 0.1) is 12.6 Å². The van der Waals surface area contributed by atoms with E-state index in [0.29, 0.717) is 19.4 Å². The smallest absolute Gasteiger partial charge is 0.379 e. The summed E-state index contributed by atoms with van der Waals surface area (Å²) in [7, 11) is 0. The first-order valence-corrected chi connectivity index (χ1v) is 7.08. The molecule has 1 saturated heterocycles. The quantitative estimate of drug-likeness (QED) is 0.851. The molecule has 1 aromatic carbocycles. The molecule has 0 spiro atoms. The molecule has 120 valence electrons. The average Bonchev–Trinajstić information content (AvgIpc) is 2.52. The Kier molecular flexibility index (Phi) is 5.24. The van der Waals surface area contributed by atoms with Crippen LogP contribution in [0, 0.1) is 0 Å². The molecule has 1 aromatic rings. The van der Waals surface area contributed by atoms with Crippen LogP contribution >= 0.6 is 0 Å². The van der Waals surface area contributed by atoms with E-state index < -0.39 is 24.7 Å². The molecular weight excluding hydrogens is 295 g/mol. The fourth-order valence-electron chi connectivity index (χ4n) is 2.46. The fourth-order valence-corrected chi connectivity index (χ4v) is 2.46. The highest BCUT2D eigenvalue weighted by Gasteiger charge is 2.37. The van der Waals surface area contributed by atoms with Gasteiger partial charge in [-0.05, 0) is 30.5 Å². The number of halogens is 3. The predicted octanol–water partition coefficient (Wildman–Crippen LogP) is 3.51. The Hall–Kier alpha value is -1.82. The van der Waals surface area contributed by atoms with Gasteiger partial charge in [-0.15, -0.1) is 0 Å². The molecule has 0 bridgehead atoms. The Morgan fingerprint density at radius 2 is 2.05 bits per heavy atom. The third-order valence-corrected chi connectivity index (χ3v) is 3.58. The highest BCUT2D eigenvalue weighted by molar-refractivity contribution is 5.94. The second-order valence-corrected chi connectivity index (χ2v) is 5.25. The molecule has 3 nitrogen and oxygen atoms in total. The first kappa shape index (κ1) is 16.5. The van der Waals surface area contributed by atoms with Gasteiger partial charge in [0.25, 0.3) is 5.91 Å². The minimum absolute atomic E-state index is 0.145. The van der Waals surface area contributed by atoms with Crippen molar-refractivity contribution in [3.8, 4) is 0 Å². The summed E-state index contributed by atoms with van der Waals surface area (Å²) >= 11 is 0. The van der Waals surface area contributed by atoms with Crippen molar-refractivity contribution in [1.29, 1.82) is 0 Å². The number of benzene rings is 1. The summed E-state index contributed by atoms with van der Waals surface area (Å²) in [6, 6.07) is 5.81. The van der Waals surface area contributed by atoms with Crippen LogP contribution in [0.4, 0.5) is 13.2 Å². The van der Waals surface area contributed by atoms with E-state index in [1.54, 1.807) is 18.2 Å². The second kappa shape index (κ2) is 6.96. The van der Waals surface area contributed by atoms with Crippen LogP contribution in [-0.2, 0) is 4.74 Å². The molecule has 1 fully saturated rings. The normalized spacial score (nSPS) is 18.8. The first-order valence-electron chi connectivity index (χ1n) is 7.08. The monoisotopic (exact) mass is 313 g/mol. The number of nitrogens with zero attached hydrogens (tertiary/aromatic N) is 1. The molecule has 1 aliphatic rings. The summed E-state index contributed by atoms with van der Waals surface area (Å²) in [6.45, 7) is 3.01. The van der Waals surface area contributed by atoms with E-state index in [-0.39, 0.29) is 12.2 Å². The van der Waals surface area contributed by atoms with Crippen LogP contribution in [0.5, 0.6) is 0 Å². The van der Waals surface area contributed by atoms with Gasteiger partial charge < -0.3 is 9.64 Å². The summed E-state index contributed by atoms with van der Waals surface area (Å²) < 4.78 is 43.6. The molecule has 1 amide bonds. The number of rotatable bonds is 4. The zero-order valence-corrected chi connectivity index (χ0v) is 12.1. The number of carbonyl (C=O) groups is 1. The number of hydrogen-bond donors (Lipinski definition) is 0. The Morgan fingerprint density at radius 3 is 2.55 bits per heavy atom. The van der Waals surface area contributed by atoms with Gasteiger partial charge in [0.15, 0.2) is 0 Å². The molecule has 1 heterocycles. The van der Waals surface area contributed by atoms with Gasteiger partial charge in [-0.1, -0.05) is 24.8 Å². The molecule has 1 atom stereocenters. The van der Waals surface area contributed by atoms with Crippen LogP contribution in [0.1, 0.15) is 28.8 Å². The molecule has 0 N–H and O–H groups in total. The lowest BCUT2D eigenvalue weighted by molar-refractivity contribution is -0.148. The second-order valence-electron chi connectivity index (χ2n) is 5.25. The average molecular weight is 313 g/mol. The van der Waals surface area contributed by atoms with Crippen LogP contribution in [0.2, 0.25) is 0 Å². The standard InChI is InChI=1S/C16H18F3NO2/c1-2-12-5-7-13(8-6-12)15(21)20(11-16(17,18)19)14-4-3-9-22-10-14/h2,5-8,14H,1,3-4,9-11H2. The van der Waals surface area contributed by atoms with Crippen molar-refractivity contribution in [2.24, 2.45) is 0 Å². The SMILES string of the molecule is C=Cc1ccc(C(=O)N(CC(F)(F)F)C2CCCOC2)cc1. The molecule has 2 rings (SSSR count). The Labute approximate surface area is 127 Å². The van der Waals surface area contributed by atoms with E-state index in [0.717, 1.165) is 10.5 Å². The molecule has 22 heavy (non-hydrogen) atoms. The van der Waals surface area contributed by atoms with Crippen molar-refractivity contribution >= 4 is 12.0 Å². The maximum atomic E-state index is 12.8. The van der Waals surface area contributed by atoms with E-state index in [1.807, 2.05) is 0 Å². The number of carbonyl (C=O) groups excluding carboxylic acids is 1. The minimum Gasteiger partial charge on any atom is -0.379 e. The highest BCUT2D eigenvalue weighted by Crippen LogP contribution is 2.23. The Balaban J connectivity index is 2.21. The molecule has 1 unspecified atom stereocenters. The molecule has 0 radical (unpaired) electrons. The summed E-state index contributed by atoms with van der Waals surface area (Å²) in [6.07, 6.45) is -1.65. The molecule has 0 aliphatic carbocycles. The summed E-state index contributed by atoms with van der Waals surface area (Å²) in [4.78, 5) is 13.3. The largest absolute Gasteiger partial charge is 0.406 e. The van der Waals surface area contributed by atoms with Crippen LogP contribution in [-0.4, -0.2) is 42.8 Å². The van der Waals surface area contributed by atoms with Crippen molar-refractivity contribution in [3.63, 3.8) is 0 Å². The van der Waals surface area contributed by atoms with Crippen LogP contribution in [0.25, 0.3) is 6.08 Å². The van der Waals surface area contributed by atoms with E-state index in [9.17, 15) is 18.0 Å². The maximum Gasteiger partial charge on any atom is 0.406 e. The molecule has 0 saturated carbocycles. The topological polar surface area (TPSA) is 29.5 Å². The molecule has 6 heteroatoms. The van der Waals surface area contributed by atoms with Gasteiger partial charge >= 0.3 is 6.18 Å². The van der Waals surface area contributed by atoms with E-state index in [4.69, 9.17) is 4.74 Å². The third kappa shape index (κ3) is 4.34. The third-order valence-electron chi connectivity index (χ3n) is 3.58. The Morgan fingerprint density at radius 1 is 1.36 bits per heavy atom. The van der Waals surface area contributed by atoms with Crippen molar-refractivity contribution in [2.75, 3.05) is 19.8 Å². The van der Waals surface area contributed by atoms with E-state index in [2.05, 4.69) is 6.58 Å². The molecular formula is C16H18F3NO2. The number of alkyl halides is 3. The van der Waals surface area contributed by atoms with Crippen molar-refractivity contribution in [2.45, 2.75) is 25.1 Å². The van der Waals surface area contributed by atoms with Gasteiger partial charge in [0.1, 0.15) is 6.54 Å². The van der Waals surface area contributed by atoms with Gasteiger partial charge in [-0.25, -0.2) is 0 Å². The maximum absolute atomic E-state index is 12.8. The highest BCUT2D eigenvalue weighted by atomic mass is 19.4. The summed E-state index contributed by atoms with van der Waals surface area (Å²) in [5.74, 6) is -0.622. The van der Waals surface area contributed by atoms with Gasteiger partial charge in [-0.2, -0.15) is 13.2 Å². The first-order chi connectivity index (χ1) is 10.4. The van der Waals surface area contributed by atoms with Crippen LogP contribution in [0.3, 0.4) is 0 Å². The number of amides is 1. The van der Waals surface area contributed by atoms with Crippen LogP contribution < -0.4 is 0 Å². The zero-order chi connectivity index (χ0) is 16.2. The van der Waals surface area contributed by atoms with Gasteiger partial charge in [-0.3, -0.25) is 4.79 Å². The van der Waals surface area contributed by atoms with Crippen molar-refractivity contribution in [1.82, 2.24) is 4.90 Å². The van der Waals surface area contributed by atoms with E-state index >= 15 is 0 Å². The molecule has 0 aromatic heterocycles. The minimum atomic E-state index is -4.44. The summed E-state index contributed by atoms with van der Waals surface area (Å²) in [5, 5.41) is 0. The number of hydrogen-bond acceptors (Lipinski definition) is 2. The van der Waals surface area contributed by atoms with E-state index in [1.165, 1.54) is 12.1 Å². The van der Waals surface area contributed by atoms with Gasteiger partial charge in [0.2, 0.25) is 0 Å². The fraction of sp³-hybridized carbons (Fsp3) is 0.438. The predicted molar refractivity (Wildman–Crippen MR) is 77.5 cm³/mol. The zero-order valence-electron chi connectivity index (χ0n) is 12.1. The lowest BCUT2D eigenvalue weighted by Gasteiger charge is -2.34. The lowest BCUT2D eigenvalue weighted by atomic mass is 10.1. The lowest BCUT2D eigenvalue weighted by Crippen LogP contribution is -2.49. The van der Waals surface area contributed by atoms with Gasteiger partial charge in [0, 0.05) is 12.2 Å². The van der Waals surface area contributed by atoms with Crippen LogP contribution in [0.15, 0.2) is 30.8 Å². The van der Waals surface area contributed by atoms with Crippen molar-refractivity contribution in [3.05, 3.63) is 42.0 Å². The number of ether oxygens (including phenoxy) is 1.